The van der Waals surface area contributed by atoms with Crippen LogP contribution in [0.1, 0.15) is 31.9 Å². The number of hydrogen-bond donors (Lipinski definition) is 2. The molecule has 1 aliphatic rings. The van der Waals surface area contributed by atoms with Crippen LogP contribution in [0.3, 0.4) is 0 Å². The summed E-state index contributed by atoms with van der Waals surface area (Å²) in [6, 6.07) is 6.02. The van der Waals surface area contributed by atoms with Crippen molar-refractivity contribution in [2.75, 3.05) is 19.6 Å². The number of nitrogens with one attached hydrogen (secondary N) is 2. The Kier molecular flexibility index (Phi) is 8.57. The quantitative estimate of drug-likeness (QED) is 0.429. The van der Waals surface area contributed by atoms with Crippen LogP contribution in [-0.2, 0) is 6.42 Å². The molecule has 2 N–H and O–H groups in total. The predicted molar refractivity (Wildman–Crippen MR) is 94.7 cm³/mol. The van der Waals surface area contributed by atoms with Crippen molar-refractivity contribution in [3.63, 3.8) is 0 Å². The van der Waals surface area contributed by atoms with Gasteiger partial charge in [-0.15, -0.1) is 24.0 Å². The van der Waals surface area contributed by atoms with Crippen LogP contribution in [-0.4, -0.2) is 30.6 Å². The van der Waals surface area contributed by atoms with Crippen LogP contribution < -0.4 is 10.6 Å². The van der Waals surface area contributed by atoms with Crippen molar-refractivity contribution in [1.82, 2.24) is 15.6 Å². The van der Waals surface area contributed by atoms with Gasteiger partial charge in [-0.1, -0.05) is 18.9 Å². The summed E-state index contributed by atoms with van der Waals surface area (Å²) < 4.78 is 0. The number of halogens is 1. The van der Waals surface area contributed by atoms with Gasteiger partial charge >= 0.3 is 0 Å². The zero-order valence-electron chi connectivity index (χ0n) is 12.1. The van der Waals surface area contributed by atoms with Crippen LogP contribution in [0.5, 0.6) is 0 Å². The SMILES string of the molecule is CCNC(=NCCC1CC1)NCCc1ccccn1.I. The van der Waals surface area contributed by atoms with Crippen LogP contribution in [0.2, 0.25) is 0 Å². The molecule has 0 atom stereocenters. The van der Waals surface area contributed by atoms with Gasteiger partial charge < -0.3 is 10.6 Å². The van der Waals surface area contributed by atoms with Gasteiger partial charge in [0.1, 0.15) is 0 Å². The van der Waals surface area contributed by atoms with E-state index in [0.717, 1.165) is 43.6 Å². The van der Waals surface area contributed by atoms with Crippen molar-refractivity contribution in [2.24, 2.45) is 10.9 Å². The monoisotopic (exact) mass is 388 g/mol. The van der Waals surface area contributed by atoms with Crippen LogP contribution >= 0.6 is 24.0 Å². The Morgan fingerprint density at radius 1 is 1.35 bits per heavy atom. The summed E-state index contributed by atoms with van der Waals surface area (Å²) in [6.07, 6.45) is 6.80. The third kappa shape index (κ3) is 7.07. The molecule has 1 aliphatic carbocycles. The molecule has 1 heterocycles. The van der Waals surface area contributed by atoms with Gasteiger partial charge in [0.2, 0.25) is 0 Å². The van der Waals surface area contributed by atoms with Crippen LogP contribution in [0.15, 0.2) is 29.4 Å². The summed E-state index contributed by atoms with van der Waals surface area (Å²) in [7, 11) is 0. The summed E-state index contributed by atoms with van der Waals surface area (Å²) >= 11 is 0. The first kappa shape index (κ1) is 17.2. The fraction of sp³-hybridized carbons (Fsp3) is 0.600. The zero-order valence-corrected chi connectivity index (χ0v) is 14.5. The number of rotatable bonds is 7. The molecule has 1 saturated carbocycles. The lowest BCUT2D eigenvalue weighted by Crippen LogP contribution is -2.38. The Balaban J connectivity index is 0.00000200. The molecule has 1 aromatic rings. The van der Waals surface area contributed by atoms with E-state index in [1.54, 1.807) is 0 Å². The summed E-state index contributed by atoms with van der Waals surface area (Å²) in [4.78, 5) is 8.91. The van der Waals surface area contributed by atoms with E-state index in [9.17, 15) is 0 Å². The van der Waals surface area contributed by atoms with E-state index < -0.39 is 0 Å². The van der Waals surface area contributed by atoms with E-state index in [1.807, 2.05) is 18.3 Å². The van der Waals surface area contributed by atoms with Gasteiger partial charge in [-0.05, 0) is 31.4 Å². The molecule has 1 aromatic heterocycles. The van der Waals surface area contributed by atoms with E-state index >= 15 is 0 Å². The molecular formula is C15H25IN4. The normalized spacial score (nSPS) is 14.6. The van der Waals surface area contributed by atoms with Crippen molar-refractivity contribution in [3.8, 4) is 0 Å². The number of aromatic nitrogens is 1. The minimum atomic E-state index is 0. The van der Waals surface area contributed by atoms with Crippen molar-refractivity contribution in [2.45, 2.75) is 32.6 Å². The highest BCUT2D eigenvalue weighted by Crippen LogP contribution is 2.32. The molecule has 112 valence electrons. The average molecular weight is 388 g/mol. The second kappa shape index (κ2) is 9.96. The molecule has 5 heteroatoms. The topological polar surface area (TPSA) is 49.3 Å². The van der Waals surface area contributed by atoms with E-state index in [1.165, 1.54) is 19.3 Å². The maximum Gasteiger partial charge on any atom is 0.191 e. The van der Waals surface area contributed by atoms with Crippen molar-refractivity contribution in [3.05, 3.63) is 30.1 Å². The standard InChI is InChI=1S/C15H24N4.HI/c1-2-16-15(18-11-8-13-6-7-13)19-12-9-14-5-3-4-10-17-14;/h3-5,10,13H,2,6-9,11-12H2,1H3,(H2,16,18,19);1H. The first-order chi connectivity index (χ1) is 9.38. The Bertz CT molecular complexity index is 390. The molecular weight excluding hydrogens is 363 g/mol. The van der Waals surface area contributed by atoms with Crippen LogP contribution in [0, 0.1) is 5.92 Å². The van der Waals surface area contributed by atoms with Gasteiger partial charge in [-0.3, -0.25) is 9.98 Å². The average Bonchev–Trinajstić information content (AvgIpc) is 3.24. The lowest BCUT2D eigenvalue weighted by Gasteiger charge is -2.10. The Morgan fingerprint density at radius 3 is 2.85 bits per heavy atom. The highest BCUT2D eigenvalue weighted by Gasteiger charge is 2.20. The lowest BCUT2D eigenvalue weighted by atomic mass is 10.3. The predicted octanol–water partition coefficient (Wildman–Crippen LogP) is 2.60. The minimum Gasteiger partial charge on any atom is -0.357 e. The molecule has 0 aliphatic heterocycles. The fourth-order valence-corrected chi connectivity index (χ4v) is 1.96. The van der Waals surface area contributed by atoms with E-state index in [2.05, 4.69) is 33.6 Å². The van der Waals surface area contributed by atoms with E-state index in [0.29, 0.717) is 0 Å². The maximum absolute atomic E-state index is 4.60. The molecule has 2 rings (SSSR count). The van der Waals surface area contributed by atoms with Gasteiger partial charge in [0.05, 0.1) is 0 Å². The second-order valence-electron chi connectivity index (χ2n) is 4.99. The summed E-state index contributed by atoms with van der Waals surface area (Å²) in [5, 5.41) is 6.64. The number of nitrogens with zero attached hydrogens (tertiary/aromatic N) is 2. The number of hydrogen-bond acceptors (Lipinski definition) is 2. The molecule has 0 bridgehead atoms. The fourth-order valence-electron chi connectivity index (χ4n) is 1.96. The zero-order chi connectivity index (χ0) is 13.3. The molecule has 0 unspecified atom stereocenters. The molecule has 20 heavy (non-hydrogen) atoms. The second-order valence-corrected chi connectivity index (χ2v) is 4.99. The third-order valence-corrected chi connectivity index (χ3v) is 3.25. The van der Waals surface area contributed by atoms with Crippen molar-refractivity contribution < 1.29 is 0 Å². The van der Waals surface area contributed by atoms with Crippen LogP contribution in [0.25, 0.3) is 0 Å². The lowest BCUT2D eigenvalue weighted by molar-refractivity contribution is 0.723. The molecule has 0 saturated heterocycles. The van der Waals surface area contributed by atoms with Gasteiger partial charge in [0, 0.05) is 37.9 Å². The van der Waals surface area contributed by atoms with Gasteiger partial charge in [0.15, 0.2) is 5.96 Å². The Hall–Kier alpha value is -0.850. The van der Waals surface area contributed by atoms with E-state index in [-0.39, 0.29) is 24.0 Å². The van der Waals surface area contributed by atoms with Crippen molar-refractivity contribution >= 4 is 29.9 Å². The maximum atomic E-state index is 4.60. The smallest absolute Gasteiger partial charge is 0.191 e. The molecule has 0 aromatic carbocycles. The highest BCUT2D eigenvalue weighted by molar-refractivity contribution is 14.0. The van der Waals surface area contributed by atoms with E-state index in [4.69, 9.17) is 0 Å². The van der Waals surface area contributed by atoms with Crippen LogP contribution in [0.4, 0.5) is 0 Å². The largest absolute Gasteiger partial charge is 0.357 e. The molecule has 1 fully saturated rings. The summed E-state index contributed by atoms with van der Waals surface area (Å²) in [6.45, 7) is 4.80. The molecule has 0 amide bonds. The molecule has 0 radical (unpaired) electrons. The minimum absolute atomic E-state index is 0. The first-order valence-electron chi connectivity index (χ1n) is 7.30. The Labute approximate surface area is 138 Å². The summed E-state index contributed by atoms with van der Waals surface area (Å²) in [5.74, 6) is 1.87. The van der Waals surface area contributed by atoms with Crippen molar-refractivity contribution in [1.29, 1.82) is 0 Å². The third-order valence-electron chi connectivity index (χ3n) is 3.25. The number of pyridine rings is 1. The molecule has 0 spiro atoms. The van der Waals surface area contributed by atoms with Gasteiger partial charge in [0.25, 0.3) is 0 Å². The van der Waals surface area contributed by atoms with Gasteiger partial charge in [-0.25, -0.2) is 0 Å². The number of guanidine groups is 1. The summed E-state index contributed by atoms with van der Waals surface area (Å²) in [5.41, 5.74) is 1.11. The number of aliphatic imine (C=N–C) groups is 1. The Morgan fingerprint density at radius 2 is 2.20 bits per heavy atom. The first-order valence-corrected chi connectivity index (χ1v) is 7.30. The highest BCUT2D eigenvalue weighted by atomic mass is 127. The van der Waals surface area contributed by atoms with Gasteiger partial charge in [-0.2, -0.15) is 0 Å². The molecule has 4 nitrogen and oxygen atoms in total.